The number of nitrogens with one attached hydrogen (secondary N) is 2. The fraction of sp³-hybridized carbons (Fsp3) is 0.600. The molecule has 2 heteroatoms. The van der Waals surface area contributed by atoms with Crippen LogP contribution < -0.4 is 10.6 Å². The summed E-state index contributed by atoms with van der Waals surface area (Å²) in [6, 6.07) is 9.98. The molecular weight excluding hydrogens is 208 g/mol. The Morgan fingerprint density at radius 3 is 2.18 bits per heavy atom. The Hall–Kier alpha value is -0.860. The van der Waals surface area contributed by atoms with E-state index in [4.69, 9.17) is 0 Å². The summed E-state index contributed by atoms with van der Waals surface area (Å²) >= 11 is 0. The Balaban J connectivity index is 1.70. The number of benzene rings is 1. The van der Waals surface area contributed by atoms with Gasteiger partial charge in [-0.2, -0.15) is 0 Å². The van der Waals surface area contributed by atoms with Gasteiger partial charge in [-0.3, -0.25) is 0 Å². The highest BCUT2D eigenvalue weighted by Gasteiger charge is 2.18. The van der Waals surface area contributed by atoms with Crippen molar-refractivity contribution in [2.75, 3.05) is 19.6 Å². The number of hydrogen-bond acceptors (Lipinski definition) is 2. The summed E-state index contributed by atoms with van der Waals surface area (Å²) in [7, 11) is 0. The Bertz CT molecular complexity index is 346. The van der Waals surface area contributed by atoms with Gasteiger partial charge in [-0.15, -0.1) is 0 Å². The monoisotopic (exact) mass is 230 g/mol. The van der Waals surface area contributed by atoms with Crippen LogP contribution in [0.1, 0.15) is 48.8 Å². The molecule has 2 aliphatic rings. The smallest absolute Gasteiger partial charge is 0.0320 e. The lowest BCUT2D eigenvalue weighted by Crippen LogP contribution is -2.26. The highest BCUT2D eigenvalue weighted by molar-refractivity contribution is 5.28. The molecule has 1 atom stereocenters. The van der Waals surface area contributed by atoms with Crippen LogP contribution in [-0.2, 0) is 0 Å². The third kappa shape index (κ3) is 2.53. The first-order valence-corrected chi connectivity index (χ1v) is 6.97. The van der Waals surface area contributed by atoms with Crippen molar-refractivity contribution in [2.24, 2.45) is 0 Å². The molecule has 92 valence electrons. The molecule has 0 saturated carbocycles. The summed E-state index contributed by atoms with van der Waals surface area (Å²) in [5.74, 6) is 0.779. The maximum atomic E-state index is 3.56. The molecule has 2 saturated heterocycles. The third-order valence-corrected chi connectivity index (χ3v) is 4.21. The first kappa shape index (κ1) is 11.2. The molecule has 2 fully saturated rings. The van der Waals surface area contributed by atoms with Gasteiger partial charge in [-0.1, -0.05) is 24.3 Å². The Morgan fingerprint density at radius 2 is 1.53 bits per heavy atom. The van der Waals surface area contributed by atoms with E-state index in [9.17, 15) is 0 Å². The van der Waals surface area contributed by atoms with Crippen LogP contribution in [0.3, 0.4) is 0 Å². The zero-order valence-electron chi connectivity index (χ0n) is 10.4. The molecule has 0 aliphatic carbocycles. The van der Waals surface area contributed by atoms with Crippen LogP contribution >= 0.6 is 0 Å². The van der Waals surface area contributed by atoms with Crippen LogP contribution in [0.15, 0.2) is 24.3 Å². The van der Waals surface area contributed by atoms with E-state index in [0.29, 0.717) is 6.04 Å². The zero-order valence-corrected chi connectivity index (χ0v) is 10.4. The molecule has 2 aliphatic heterocycles. The van der Waals surface area contributed by atoms with Crippen molar-refractivity contribution in [1.29, 1.82) is 0 Å². The van der Waals surface area contributed by atoms with E-state index in [-0.39, 0.29) is 0 Å². The Kier molecular flexibility index (Phi) is 3.44. The van der Waals surface area contributed by atoms with Crippen molar-refractivity contribution in [2.45, 2.75) is 37.6 Å². The molecule has 17 heavy (non-hydrogen) atoms. The van der Waals surface area contributed by atoms with Crippen LogP contribution in [0.4, 0.5) is 0 Å². The minimum absolute atomic E-state index is 0.608. The predicted octanol–water partition coefficient (Wildman–Crippen LogP) is 2.58. The quantitative estimate of drug-likeness (QED) is 0.816. The van der Waals surface area contributed by atoms with Gasteiger partial charge in [-0.05, 0) is 62.4 Å². The number of rotatable bonds is 2. The van der Waals surface area contributed by atoms with Gasteiger partial charge >= 0.3 is 0 Å². The lowest BCUT2D eigenvalue weighted by atomic mass is 9.89. The highest BCUT2D eigenvalue weighted by Crippen LogP contribution is 2.28. The lowest BCUT2D eigenvalue weighted by molar-refractivity contribution is 0.460. The van der Waals surface area contributed by atoms with E-state index in [0.717, 1.165) is 5.92 Å². The average molecular weight is 230 g/mol. The Morgan fingerprint density at radius 1 is 0.824 bits per heavy atom. The standard InChI is InChI=1S/C15H22N2/c1-2-15(17-9-1)14-5-3-12(4-6-14)13-7-10-16-11-8-13/h3-6,13,15-17H,1-2,7-11H2. The molecule has 1 unspecified atom stereocenters. The van der Waals surface area contributed by atoms with Gasteiger partial charge in [0.25, 0.3) is 0 Å². The highest BCUT2D eigenvalue weighted by atomic mass is 14.9. The van der Waals surface area contributed by atoms with Crippen molar-refractivity contribution in [3.8, 4) is 0 Å². The van der Waals surface area contributed by atoms with Crippen molar-refractivity contribution < 1.29 is 0 Å². The van der Waals surface area contributed by atoms with Crippen LogP contribution in [0.2, 0.25) is 0 Å². The number of piperidine rings is 1. The SMILES string of the molecule is c1cc(C2CCCN2)ccc1C1CCNCC1. The molecule has 2 nitrogen and oxygen atoms in total. The Labute approximate surface area is 104 Å². The fourth-order valence-corrected chi connectivity index (χ4v) is 3.12. The summed E-state index contributed by atoms with van der Waals surface area (Å²) in [6.07, 6.45) is 5.20. The molecule has 1 aromatic rings. The number of hydrogen-bond donors (Lipinski definition) is 2. The van der Waals surface area contributed by atoms with E-state index in [1.807, 2.05) is 0 Å². The summed E-state index contributed by atoms with van der Waals surface area (Å²) in [5, 5.41) is 6.99. The van der Waals surface area contributed by atoms with Crippen LogP contribution in [-0.4, -0.2) is 19.6 Å². The molecule has 2 heterocycles. The molecule has 0 aromatic heterocycles. The predicted molar refractivity (Wildman–Crippen MR) is 71.3 cm³/mol. The minimum Gasteiger partial charge on any atom is -0.317 e. The molecule has 0 radical (unpaired) electrons. The van der Waals surface area contributed by atoms with E-state index in [1.165, 1.54) is 56.4 Å². The van der Waals surface area contributed by atoms with Gasteiger partial charge in [0.1, 0.15) is 0 Å². The van der Waals surface area contributed by atoms with E-state index < -0.39 is 0 Å². The van der Waals surface area contributed by atoms with Crippen LogP contribution in [0, 0.1) is 0 Å². The topological polar surface area (TPSA) is 24.1 Å². The molecule has 3 rings (SSSR count). The largest absolute Gasteiger partial charge is 0.317 e. The molecular formula is C15H22N2. The van der Waals surface area contributed by atoms with Crippen LogP contribution in [0.25, 0.3) is 0 Å². The molecule has 2 N–H and O–H groups in total. The van der Waals surface area contributed by atoms with Gasteiger partial charge in [-0.25, -0.2) is 0 Å². The molecule has 0 amide bonds. The van der Waals surface area contributed by atoms with Crippen molar-refractivity contribution in [3.63, 3.8) is 0 Å². The first-order valence-electron chi connectivity index (χ1n) is 6.97. The normalized spacial score (nSPS) is 26.2. The maximum absolute atomic E-state index is 3.56. The second kappa shape index (κ2) is 5.19. The van der Waals surface area contributed by atoms with Crippen LogP contribution in [0.5, 0.6) is 0 Å². The van der Waals surface area contributed by atoms with Gasteiger partial charge in [0.2, 0.25) is 0 Å². The van der Waals surface area contributed by atoms with Gasteiger partial charge in [0.15, 0.2) is 0 Å². The van der Waals surface area contributed by atoms with Crippen molar-refractivity contribution in [3.05, 3.63) is 35.4 Å². The van der Waals surface area contributed by atoms with E-state index in [2.05, 4.69) is 34.9 Å². The van der Waals surface area contributed by atoms with E-state index in [1.54, 1.807) is 0 Å². The van der Waals surface area contributed by atoms with Gasteiger partial charge < -0.3 is 10.6 Å². The summed E-state index contributed by atoms with van der Waals surface area (Å²) in [5.41, 5.74) is 3.01. The first-order chi connectivity index (χ1) is 8.43. The molecule has 0 bridgehead atoms. The van der Waals surface area contributed by atoms with Crippen molar-refractivity contribution >= 4 is 0 Å². The fourth-order valence-electron chi connectivity index (χ4n) is 3.12. The summed E-state index contributed by atoms with van der Waals surface area (Å²) in [6.45, 7) is 3.54. The third-order valence-electron chi connectivity index (χ3n) is 4.21. The zero-order chi connectivity index (χ0) is 11.5. The summed E-state index contributed by atoms with van der Waals surface area (Å²) in [4.78, 5) is 0. The average Bonchev–Trinajstić information content (AvgIpc) is 2.94. The van der Waals surface area contributed by atoms with Gasteiger partial charge in [0, 0.05) is 6.04 Å². The molecule has 1 aromatic carbocycles. The van der Waals surface area contributed by atoms with Gasteiger partial charge in [0.05, 0.1) is 0 Å². The molecule has 0 spiro atoms. The minimum atomic E-state index is 0.608. The van der Waals surface area contributed by atoms with E-state index >= 15 is 0 Å². The lowest BCUT2D eigenvalue weighted by Gasteiger charge is -2.23. The van der Waals surface area contributed by atoms with Crippen molar-refractivity contribution in [1.82, 2.24) is 10.6 Å². The second-order valence-electron chi connectivity index (χ2n) is 5.34. The maximum Gasteiger partial charge on any atom is 0.0320 e. The second-order valence-corrected chi connectivity index (χ2v) is 5.34. The summed E-state index contributed by atoms with van der Waals surface area (Å²) < 4.78 is 0.